The summed E-state index contributed by atoms with van der Waals surface area (Å²) < 4.78 is 0. The van der Waals surface area contributed by atoms with Gasteiger partial charge in [-0.3, -0.25) is 4.90 Å². The lowest BCUT2D eigenvalue weighted by Crippen LogP contribution is -2.23. The largest absolute Gasteiger partial charge is 0.274 e. The van der Waals surface area contributed by atoms with Crippen LogP contribution in [0, 0.1) is 22.7 Å². The van der Waals surface area contributed by atoms with Gasteiger partial charge < -0.3 is 0 Å². The van der Waals surface area contributed by atoms with Crippen LogP contribution in [0.4, 0.5) is 0 Å². The van der Waals surface area contributed by atoms with Crippen LogP contribution < -0.4 is 0 Å². The summed E-state index contributed by atoms with van der Waals surface area (Å²) in [5.74, 6) is 0. The average Bonchev–Trinajstić information content (AvgIpc) is 2.22. The van der Waals surface area contributed by atoms with Crippen molar-refractivity contribution in [3.63, 3.8) is 0 Å². The maximum Gasteiger partial charge on any atom is 0.124 e. The van der Waals surface area contributed by atoms with Crippen molar-refractivity contribution in [3.05, 3.63) is 34.9 Å². The normalized spacial score (nSPS) is 11.8. The molecule has 0 fully saturated rings. The molecule has 3 nitrogen and oxygen atoms in total. The molecule has 0 radical (unpaired) electrons. The van der Waals surface area contributed by atoms with Crippen molar-refractivity contribution >= 4 is 11.6 Å². The highest BCUT2D eigenvalue weighted by Gasteiger charge is 2.15. The van der Waals surface area contributed by atoms with Gasteiger partial charge >= 0.3 is 0 Å². The van der Waals surface area contributed by atoms with Crippen LogP contribution in [0.5, 0.6) is 0 Å². The number of rotatable bonds is 3. The second-order valence-corrected chi connectivity index (χ2v) is 3.59. The first-order valence-electron chi connectivity index (χ1n) is 4.41. The van der Waals surface area contributed by atoms with Gasteiger partial charge in [0.15, 0.2) is 0 Å². The molecule has 1 atom stereocenters. The molecule has 15 heavy (non-hydrogen) atoms. The van der Waals surface area contributed by atoms with E-state index < -0.39 is 6.04 Å². The summed E-state index contributed by atoms with van der Waals surface area (Å²) in [5, 5.41) is 18.2. The van der Waals surface area contributed by atoms with Gasteiger partial charge in [0.2, 0.25) is 0 Å². The lowest BCUT2D eigenvalue weighted by molar-refractivity contribution is 0.327. The van der Waals surface area contributed by atoms with E-state index in [9.17, 15) is 0 Å². The second kappa shape index (κ2) is 5.36. The van der Waals surface area contributed by atoms with Crippen LogP contribution in [0.3, 0.4) is 0 Å². The fourth-order valence-corrected chi connectivity index (χ4v) is 1.40. The molecule has 1 rings (SSSR count). The molecule has 0 aliphatic rings. The van der Waals surface area contributed by atoms with Crippen molar-refractivity contribution in [3.8, 4) is 12.1 Å². The Morgan fingerprint density at radius 3 is 2.40 bits per heavy atom. The third-order valence-electron chi connectivity index (χ3n) is 2.07. The van der Waals surface area contributed by atoms with Crippen molar-refractivity contribution in [1.29, 1.82) is 10.5 Å². The van der Waals surface area contributed by atoms with Gasteiger partial charge in [0.05, 0.1) is 18.7 Å². The summed E-state index contributed by atoms with van der Waals surface area (Å²) in [6.07, 6.45) is 0. The van der Waals surface area contributed by atoms with Crippen LogP contribution in [0.1, 0.15) is 11.6 Å². The Kier molecular flexibility index (Phi) is 4.12. The Hall–Kier alpha value is -1.55. The molecule has 0 saturated carbocycles. The minimum atomic E-state index is -0.401. The van der Waals surface area contributed by atoms with E-state index in [1.165, 1.54) is 0 Å². The molecule has 76 valence electrons. The molecule has 0 bridgehead atoms. The second-order valence-electron chi connectivity index (χ2n) is 3.16. The maximum absolute atomic E-state index is 9.01. The number of hydrogen-bond donors (Lipinski definition) is 0. The lowest BCUT2D eigenvalue weighted by atomic mass is 10.1. The van der Waals surface area contributed by atoms with Gasteiger partial charge in [-0.1, -0.05) is 23.7 Å². The molecule has 1 aromatic rings. The van der Waals surface area contributed by atoms with Gasteiger partial charge in [0, 0.05) is 5.02 Å². The van der Waals surface area contributed by atoms with E-state index in [1.54, 1.807) is 36.2 Å². The molecule has 0 saturated heterocycles. The van der Waals surface area contributed by atoms with Gasteiger partial charge in [-0.15, -0.1) is 0 Å². The maximum atomic E-state index is 9.01. The van der Waals surface area contributed by atoms with Crippen molar-refractivity contribution < 1.29 is 0 Å². The van der Waals surface area contributed by atoms with E-state index in [0.29, 0.717) is 5.02 Å². The molecule has 1 aromatic carbocycles. The van der Waals surface area contributed by atoms with E-state index in [0.717, 1.165) is 5.56 Å². The molecule has 1 unspecified atom stereocenters. The predicted octanol–water partition coefficient (Wildman–Crippen LogP) is 2.36. The van der Waals surface area contributed by atoms with Crippen LogP contribution in [0.15, 0.2) is 24.3 Å². The lowest BCUT2D eigenvalue weighted by Gasteiger charge is -2.19. The van der Waals surface area contributed by atoms with E-state index in [1.807, 2.05) is 6.07 Å². The van der Waals surface area contributed by atoms with E-state index in [2.05, 4.69) is 6.07 Å². The fourth-order valence-electron chi connectivity index (χ4n) is 1.28. The Labute approximate surface area is 94.1 Å². The quantitative estimate of drug-likeness (QED) is 0.734. The third kappa shape index (κ3) is 2.95. The molecule has 0 aromatic heterocycles. The van der Waals surface area contributed by atoms with Gasteiger partial charge in [-0.05, 0) is 24.7 Å². The van der Waals surface area contributed by atoms with Crippen LogP contribution in [-0.2, 0) is 0 Å². The number of nitriles is 2. The number of nitrogens with zero attached hydrogens (tertiary/aromatic N) is 3. The molecule has 0 aliphatic heterocycles. The number of benzene rings is 1. The minimum absolute atomic E-state index is 0.223. The summed E-state index contributed by atoms with van der Waals surface area (Å²) in [6.45, 7) is 0.223. The Bertz CT molecular complexity index is 399. The highest BCUT2D eigenvalue weighted by molar-refractivity contribution is 6.30. The zero-order valence-electron chi connectivity index (χ0n) is 8.31. The molecular formula is C11H10ClN3. The number of halogens is 1. The predicted molar refractivity (Wildman–Crippen MR) is 58.0 cm³/mol. The molecule has 0 amide bonds. The van der Waals surface area contributed by atoms with Crippen molar-refractivity contribution in [2.24, 2.45) is 0 Å². The van der Waals surface area contributed by atoms with Gasteiger partial charge in [-0.2, -0.15) is 10.5 Å². The monoisotopic (exact) mass is 219 g/mol. The highest BCUT2D eigenvalue weighted by Crippen LogP contribution is 2.20. The van der Waals surface area contributed by atoms with Gasteiger partial charge in [-0.25, -0.2) is 0 Å². The fraction of sp³-hybridized carbons (Fsp3) is 0.273. The zero-order valence-corrected chi connectivity index (χ0v) is 9.07. The van der Waals surface area contributed by atoms with E-state index in [-0.39, 0.29) is 6.54 Å². The van der Waals surface area contributed by atoms with Gasteiger partial charge in [0.25, 0.3) is 0 Å². The number of hydrogen-bond acceptors (Lipinski definition) is 3. The average molecular weight is 220 g/mol. The van der Waals surface area contributed by atoms with E-state index in [4.69, 9.17) is 22.1 Å². The van der Waals surface area contributed by atoms with Crippen molar-refractivity contribution in [1.82, 2.24) is 4.90 Å². The Balaban J connectivity index is 2.89. The molecule has 4 heteroatoms. The summed E-state index contributed by atoms with van der Waals surface area (Å²) in [7, 11) is 1.74. The van der Waals surface area contributed by atoms with E-state index >= 15 is 0 Å². The summed E-state index contributed by atoms with van der Waals surface area (Å²) in [5.41, 5.74) is 0.847. The summed E-state index contributed by atoms with van der Waals surface area (Å²) in [6, 6.07) is 10.8. The topological polar surface area (TPSA) is 50.8 Å². The van der Waals surface area contributed by atoms with Crippen molar-refractivity contribution in [2.75, 3.05) is 13.6 Å². The van der Waals surface area contributed by atoms with Crippen LogP contribution in [0.25, 0.3) is 0 Å². The molecule has 0 N–H and O–H groups in total. The first-order valence-corrected chi connectivity index (χ1v) is 4.79. The third-order valence-corrected chi connectivity index (χ3v) is 2.32. The zero-order chi connectivity index (χ0) is 11.3. The van der Waals surface area contributed by atoms with Crippen LogP contribution >= 0.6 is 11.6 Å². The summed E-state index contributed by atoms with van der Waals surface area (Å²) >= 11 is 5.75. The molecular weight excluding hydrogens is 210 g/mol. The van der Waals surface area contributed by atoms with Crippen molar-refractivity contribution in [2.45, 2.75) is 6.04 Å². The Morgan fingerprint density at radius 2 is 1.93 bits per heavy atom. The smallest absolute Gasteiger partial charge is 0.124 e. The SMILES string of the molecule is CN(CC#N)C(C#N)c1ccc(Cl)cc1. The molecule has 0 spiro atoms. The first kappa shape index (κ1) is 11.5. The van der Waals surface area contributed by atoms with Gasteiger partial charge in [0.1, 0.15) is 6.04 Å². The van der Waals surface area contributed by atoms with Crippen LogP contribution in [0.2, 0.25) is 5.02 Å². The highest BCUT2D eigenvalue weighted by atomic mass is 35.5. The first-order chi connectivity index (χ1) is 7.19. The molecule has 0 heterocycles. The van der Waals surface area contributed by atoms with Crippen LogP contribution in [-0.4, -0.2) is 18.5 Å². The molecule has 0 aliphatic carbocycles. The standard InChI is InChI=1S/C11H10ClN3/c1-15(7-6-13)11(8-14)9-2-4-10(12)5-3-9/h2-5,11H,7H2,1H3. The summed E-state index contributed by atoms with van der Waals surface area (Å²) in [4.78, 5) is 1.68. The Morgan fingerprint density at radius 1 is 1.33 bits per heavy atom. The minimum Gasteiger partial charge on any atom is -0.274 e.